The van der Waals surface area contributed by atoms with Gasteiger partial charge in [-0.25, -0.2) is 4.98 Å². The summed E-state index contributed by atoms with van der Waals surface area (Å²) in [6.07, 6.45) is 14.7. The average molecular weight is 236 g/mol. The zero-order valence-corrected chi connectivity index (χ0v) is 11.8. The molecule has 1 aromatic rings. The van der Waals surface area contributed by atoms with Crippen LogP contribution < -0.4 is 0 Å². The van der Waals surface area contributed by atoms with Gasteiger partial charge < -0.3 is 4.57 Å². The molecule has 1 rings (SSSR count). The third-order valence-electron chi connectivity index (χ3n) is 3.60. The van der Waals surface area contributed by atoms with Crippen LogP contribution in [0, 0.1) is 5.92 Å². The van der Waals surface area contributed by atoms with Gasteiger partial charge in [-0.05, 0) is 12.3 Å². The van der Waals surface area contributed by atoms with E-state index >= 15 is 0 Å². The van der Waals surface area contributed by atoms with Crippen LogP contribution in [0.15, 0.2) is 12.5 Å². The van der Waals surface area contributed by atoms with Crippen molar-refractivity contribution in [2.75, 3.05) is 0 Å². The van der Waals surface area contributed by atoms with Crippen LogP contribution in [0.3, 0.4) is 0 Å². The van der Waals surface area contributed by atoms with Crippen molar-refractivity contribution in [2.24, 2.45) is 13.0 Å². The predicted octanol–water partition coefficient (Wildman–Crippen LogP) is 4.35. The van der Waals surface area contributed by atoms with Crippen LogP contribution in [-0.4, -0.2) is 9.55 Å². The van der Waals surface area contributed by atoms with Gasteiger partial charge in [0.05, 0.1) is 6.33 Å². The summed E-state index contributed by atoms with van der Waals surface area (Å²) in [6, 6.07) is 0. The summed E-state index contributed by atoms with van der Waals surface area (Å²) in [7, 11) is 2.10. The average Bonchev–Trinajstić information content (AvgIpc) is 2.72. The summed E-state index contributed by atoms with van der Waals surface area (Å²) in [5.41, 5.74) is 1.39. The molecule has 0 radical (unpaired) electrons. The highest BCUT2D eigenvalue weighted by atomic mass is 15.0. The minimum Gasteiger partial charge on any atom is -0.338 e. The van der Waals surface area contributed by atoms with Gasteiger partial charge in [0.2, 0.25) is 0 Å². The number of nitrogens with zero attached hydrogens (tertiary/aromatic N) is 2. The zero-order chi connectivity index (χ0) is 12.5. The van der Waals surface area contributed by atoms with Gasteiger partial charge in [-0.2, -0.15) is 0 Å². The Bertz CT molecular complexity index is 291. The largest absolute Gasteiger partial charge is 0.338 e. The lowest BCUT2D eigenvalue weighted by molar-refractivity contribution is 0.406. The Kier molecular flexibility index (Phi) is 6.99. The first-order valence-electron chi connectivity index (χ1n) is 7.23. The summed E-state index contributed by atoms with van der Waals surface area (Å²) in [4.78, 5) is 4.21. The minimum absolute atomic E-state index is 0.858. The molecule has 2 nitrogen and oxygen atoms in total. The van der Waals surface area contributed by atoms with Crippen molar-refractivity contribution in [2.45, 2.75) is 65.2 Å². The molecule has 0 aliphatic carbocycles. The van der Waals surface area contributed by atoms with E-state index in [2.05, 4.69) is 30.4 Å². The van der Waals surface area contributed by atoms with Crippen LogP contribution in [0.5, 0.6) is 0 Å². The molecule has 0 aromatic carbocycles. The molecule has 0 aliphatic rings. The molecule has 1 heterocycles. The molecule has 0 N–H and O–H groups in total. The fourth-order valence-corrected chi connectivity index (χ4v) is 2.40. The summed E-state index contributed by atoms with van der Waals surface area (Å²) in [5.74, 6) is 0.858. The summed E-state index contributed by atoms with van der Waals surface area (Å²) >= 11 is 0. The smallest absolute Gasteiger partial charge is 0.0945 e. The van der Waals surface area contributed by atoms with Crippen LogP contribution >= 0.6 is 0 Å². The van der Waals surface area contributed by atoms with Crippen LogP contribution in [-0.2, 0) is 13.5 Å². The molecule has 0 fully saturated rings. The van der Waals surface area contributed by atoms with Crippen molar-refractivity contribution in [3.63, 3.8) is 0 Å². The van der Waals surface area contributed by atoms with E-state index in [0.717, 1.165) is 5.92 Å². The first-order valence-corrected chi connectivity index (χ1v) is 7.23. The number of aromatic nitrogens is 2. The highest BCUT2D eigenvalue weighted by Gasteiger charge is 2.11. The Hall–Kier alpha value is -0.790. The standard InChI is InChI=1S/C15H28N2/c1-4-6-8-10-14(9-7-5-2)11-15-12-16-13-17(15)3/h12-14H,4-11H2,1-3H3. The molecule has 98 valence electrons. The van der Waals surface area contributed by atoms with Gasteiger partial charge >= 0.3 is 0 Å². The molecule has 0 amide bonds. The van der Waals surface area contributed by atoms with E-state index in [0.29, 0.717) is 0 Å². The molecule has 1 unspecified atom stereocenters. The van der Waals surface area contributed by atoms with Crippen molar-refractivity contribution in [3.05, 3.63) is 18.2 Å². The van der Waals surface area contributed by atoms with Crippen molar-refractivity contribution >= 4 is 0 Å². The number of imidazole rings is 1. The Morgan fingerprint density at radius 2 is 1.82 bits per heavy atom. The molecule has 0 bridgehead atoms. The lowest BCUT2D eigenvalue weighted by Crippen LogP contribution is -2.08. The van der Waals surface area contributed by atoms with Crippen molar-refractivity contribution in [3.8, 4) is 0 Å². The summed E-state index contributed by atoms with van der Waals surface area (Å²) < 4.78 is 2.17. The van der Waals surface area contributed by atoms with Crippen LogP contribution in [0.2, 0.25) is 0 Å². The molecular formula is C15H28N2. The van der Waals surface area contributed by atoms with Crippen molar-refractivity contribution in [1.82, 2.24) is 9.55 Å². The van der Waals surface area contributed by atoms with E-state index in [1.807, 2.05) is 12.5 Å². The second-order valence-corrected chi connectivity index (χ2v) is 5.20. The van der Waals surface area contributed by atoms with Gasteiger partial charge in [-0.1, -0.05) is 58.8 Å². The molecule has 0 saturated heterocycles. The zero-order valence-electron chi connectivity index (χ0n) is 11.8. The van der Waals surface area contributed by atoms with Gasteiger partial charge in [0.1, 0.15) is 0 Å². The molecule has 1 atom stereocenters. The third kappa shape index (κ3) is 5.38. The highest BCUT2D eigenvalue weighted by Crippen LogP contribution is 2.21. The molecule has 1 aromatic heterocycles. The minimum atomic E-state index is 0.858. The molecule has 0 spiro atoms. The van der Waals surface area contributed by atoms with Gasteiger partial charge in [0.15, 0.2) is 0 Å². The SMILES string of the molecule is CCCCCC(CCCC)Cc1cncn1C. The maximum absolute atomic E-state index is 4.21. The Balaban J connectivity index is 2.42. The lowest BCUT2D eigenvalue weighted by Gasteiger charge is -2.16. The Labute approximate surface area is 106 Å². The Morgan fingerprint density at radius 1 is 1.12 bits per heavy atom. The van der Waals surface area contributed by atoms with Gasteiger partial charge in [-0.3, -0.25) is 0 Å². The predicted molar refractivity (Wildman–Crippen MR) is 74.1 cm³/mol. The normalized spacial score (nSPS) is 12.9. The lowest BCUT2D eigenvalue weighted by atomic mass is 9.91. The van der Waals surface area contributed by atoms with Crippen LogP contribution in [0.25, 0.3) is 0 Å². The fourth-order valence-electron chi connectivity index (χ4n) is 2.40. The second kappa shape index (κ2) is 8.32. The van der Waals surface area contributed by atoms with Crippen LogP contribution in [0.1, 0.15) is 64.5 Å². The first kappa shape index (κ1) is 14.3. The quantitative estimate of drug-likeness (QED) is 0.583. The van der Waals surface area contributed by atoms with Gasteiger partial charge in [-0.15, -0.1) is 0 Å². The molecular weight excluding hydrogens is 208 g/mol. The fraction of sp³-hybridized carbons (Fsp3) is 0.800. The summed E-state index contributed by atoms with van der Waals surface area (Å²) in [6.45, 7) is 4.56. The van der Waals surface area contributed by atoms with Crippen molar-refractivity contribution < 1.29 is 0 Å². The van der Waals surface area contributed by atoms with Crippen molar-refractivity contribution in [1.29, 1.82) is 0 Å². The maximum atomic E-state index is 4.21. The molecule has 0 aliphatic heterocycles. The van der Waals surface area contributed by atoms with Gasteiger partial charge in [0, 0.05) is 18.9 Å². The first-order chi connectivity index (χ1) is 8.27. The number of aryl methyl sites for hydroxylation is 1. The number of hydrogen-bond acceptors (Lipinski definition) is 1. The van der Waals surface area contributed by atoms with E-state index in [9.17, 15) is 0 Å². The van der Waals surface area contributed by atoms with E-state index in [1.165, 1.54) is 57.1 Å². The second-order valence-electron chi connectivity index (χ2n) is 5.20. The number of rotatable bonds is 9. The topological polar surface area (TPSA) is 17.8 Å². The van der Waals surface area contributed by atoms with E-state index in [4.69, 9.17) is 0 Å². The third-order valence-corrected chi connectivity index (χ3v) is 3.60. The number of unbranched alkanes of at least 4 members (excludes halogenated alkanes) is 3. The number of hydrogen-bond donors (Lipinski definition) is 0. The molecule has 2 heteroatoms. The van der Waals surface area contributed by atoms with Gasteiger partial charge in [0.25, 0.3) is 0 Å². The van der Waals surface area contributed by atoms with E-state index in [-0.39, 0.29) is 0 Å². The Morgan fingerprint density at radius 3 is 2.41 bits per heavy atom. The highest BCUT2D eigenvalue weighted by molar-refractivity contribution is 4.98. The summed E-state index contributed by atoms with van der Waals surface area (Å²) in [5, 5.41) is 0. The van der Waals surface area contributed by atoms with E-state index < -0.39 is 0 Å². The van der Waals surface area contributed by atoms with E-state index in [1.54, 1.807) is 0 Å². The molecule has 17 heavy (non-hydrogen) atoms. The monoisotopic (exact) mass is 236 g/mol. The van der Waals surface area contributed by atoms with Crippen LogP contribution in [0.4, 0.5) is 0 Å². The molecule has 0 saturated carbocycles. The maximum Gasteiger partial charge on any atom is 0.0945 e.